The molecule has 0 saturated carbocycles. The van der Waals surface area contributed by atoms with E-state index in [1.54, 1.807) is 0 Å². The Morgan fingerprint density at radius 3 is 2.26 bits per heavy atom. The molecule has 1 nitrogen and oxygen atoms in total. The van der Waals surface area contributed by atoms with E-state index in [0.29, 0.717) is 5.92 Å². The van der Waals surface area contributed by atoms with Crippen LogP contribution in [0.2, 0.25) is 0 Å². The summed E-state index contributed by atoms with van der Waals surface area (Å²) in [4.78, 5) is 0. The van der Waals surface area contributed by atoms with Crippen LogP contribution in [-0.2, 0) is 0 Å². The van der Waals surface area contributed by atoms with Crippen LogP contribution in [0.25, 0.3) is 0 Å². The molecule has 19 heavy (non-hydrogen) atoms. The highest BCUT2D eigenvalue weighted by atomic mass is 19.1. The van der Waals surface area contributed by atoms with Gasteiger partial charge in [-0.15, -0.1) is 0 Å². The lowest BCUT2D eigenvalue weighted by atomic mass is 9.92. The van der Waals surface area contributed by atoms with Crippen LogP contribution in [0.5, 0.6) is 0 Å². The molecule has 0 saturated heterocycles. The maximum atomic E-state index is 13.9. The quantitative estimate of drug-likeness (QED) is 0.712. The number of benzene rings is 1. The highest BCUT2D eigenvalue weighted by molar-refractivity contribution is 5.23. The summed E-state index contributed by atoms with van der Waals surface area (Å²) < 4.78 is 27.8. The molecule has 1 rings (SSSR count). The van der Waals surface area contributed by atoms with Crippen LogP contribution in [0.15, 0.2) is 18.2 Å². The first kappa shape index (κ1) is 16.1. The van der Waals surface area contributed by atoms with Crippen molar-refractivity contribution in [2.75, 3.05) is 6.54 Å². The summed E-state index contributed by atoms with van der Waals surface area (Å²) in [7, 11) is 0. The monoisotopic (exact) mass is 269 g/mol. The van der Waals surface area contributed by atoms with Crippen molar-refractivity contribution in [2.24, 2.45) is 5.92 Å². The van der Waals surface area contributed by atoms with Gasteiger partial charge in [-0.05, 0) is 37.4 Å². The number of halogens is 2. The van der Waals surface area contributed by atoms with Crippen molar-refractivity contribution in [3.05, 3.63) is 35.4 Å². The van der Waals surface area contributed by atoms with E-state index < -0.39 is 11.6 Å². The topological polar surface area (TPSA) is 12.0 Å². The first-order chi connectivity index (χ1) is 9.10. The molecular weight excluding hydrogens is 244 g/mol. The maximum Gasteiger partial charge on any atom is 0.130 e. The van der Waals surface area contributed by atoms with Gasteiger partial charge >= 0.3 is 0 Å². The average molecular weight is 269 g/mol. The average Bonchev–Trinajstić information content (AvgIpc) is 2.35. The molecule has 0 spiro atoms. The van der Waals surface area contributed by atoms with Crippen LogP contribution in [0.1, 0.15) is 58.1 Å². The van der Waals surface area contributed by atoms with Crippen molar-refractivity contribution in [1.29, 1.82) is 0 Å². The third kappa shape index (κ3) is 4.90. The Labute approximate surface area is 115 Å². The summed E-state index contributed by atoms with van der Waals surface area (Å²) >= 11 is 0. The molecule has 0 bridgehead atoms. The number of nitrogens with one attached hydrogen (secondary N) is 1. The van der Waals surface area contributed by atoms with Crippen LogP contribution in [0, 0.1) is 17.6 Å². The summed E-state index contributed by atoms with van der Waals surface area (Å²) in [5.41, 5.74) is 0.193. The van der Waals surface area contributed by atoms with Gasteiger partial charge in [0.1, 0.15) is 11.6 Å². The molecule has 3 heteroatoms. The van der Waals surface area contributed by atoms with E-state index in [9.17, 15) is 8.78 Å². The number of rotatable bonds is 8. The van der Waals surface area contributed by atoms with Gasteiger partial charge in [-0.3, -0.25) is 0 Å². The molecule has 0 amide bonds. The van der Waals surface area contributed by atoms with E-state index in [1.807, 2.05) is 0 Å². The van der Waals surface area contributed by atoms with Gasteiger partial charge in [-0.2, -0.15) is 0 Å². The molecule has 1 aromatic carbocycles. The van der Waals surface area contributed by atoms with Crippen molar-refractivity contribution in [3.8, 4) is 0 Å². The molecule has 0 aliphatic carbocycles. The van der Waals surface area contributed by atoms with Gasteiger partial charge in [0.15, 0.2) is 0 Å². The molecule has 2 unspecified atom stereocenters. The summed E-state index contributed by atoms with van der Waals surface area (Å²) in [6.45, 7) is 7.10. The predicted octanol–water partition coefficient (Wildman–Crippen LogP) is 4.83. The molecule has 0 aliphatic heterocycles. The Morgan fingerprint density at radius 1 is 1.11 bits per heavy atom. The van der Waals surface area contributed by atoms with Gasteiger partial charge in [0.25, 0.3) is 0 Å². The molecule has 0 heterocycles. The molecule has 0 aliphatic rings. The van der Waals surface area contributed by atoms with E-state index in [2.05, 4.69) is 26.1 Å². The molecular formula is C16H25F2N. The van der Waals surface area contributed by atoms with E-state index in [4.69, 9.17) is 0 Å². The van der Waals surface area contributed by atoms with Gasteiger partial charge in [-0.1, -0.05) is 39.7 Å². The Balaban J connectivity index is 2.89. The number of hydrogen-bond acceptors (Lipinski definition) is 1. The van der Waals surface area contributed by atoms with Gasteiger partial charge in [0, 0.05) is 11.6 Å². The van der Waals surface area contributed by atoms with Crippen molar-refractivity contribution >= 4 is 0 Å². The highest BCUT2D eigenvalue weighted by Crippen LogP contribution is 2.28. The van der Waals surface area contributed by atoms with E-state index in [0.717, 1.165) is 32.2 Å². The fourth-order valence-electron chi connectivity index (χ4n) is 2.48. The summed E-state index contributed by atoms with van der Waals surface area (Å²) in [6.07, 6.45) is 3.90. The lowest BCUT2D eigenvalue weighted by Crippen LogP contribution is -2.26. The third-order valence-electron chi connectivity index (χ3n) is 3.41. The van der Waals surface area contributed by atoms with Gasteiger partial charge < -0.3 is 5.32 Å². The van der Waals surface area contributed by atoms with Crippen LogP contribution in [-0.4, -0.2) is 6.54 Å². The van der Waals surface area contributed by atoms with Crippen molar-refractivity contribution in [2.45, 2.75) is 52.5 Å². The van der Waals surface area contributed by atoms with Crippen LogP contribution < -0.4 is 5.32 Å². The molecule has 0 aromatic heterocycles. The fourth-order valence-corrected chi connectivity index (χ4v) is 2.48. The first-order valence-electron chi connectivity index (χ1n) is 7.27. The smallest absolute Gasteiger partial charge is 0.130 e. The highest BCUT2D eigenvalue weighted by Gasteiger charge is 2.21. The fraction of sp³-hybridized carbons (Fsp3) is 0.625. The van der Waals surface area contributed by atoms with Gasteiger partial charge in [0.05, 0.1) is 0 Å². The number of hydrogen-bond donors (Lipinski definition) is 1. The van der Waals surface area contributed by atoms with Crippen LogP contribution in [0.3, 0.4) is 0 Å². The zero-order valence-electron chi connectivity index (χ0n) is 12.2. The van der Waals surface area contributed by atoms with Crippen LogP contribution in [0.4, 0.5) is 8.78 Å². The minimum atomic E-state index is -0.447. The second-order valence-electron chi connectivity index (χ2n) is 5.27. The first-order valence-corrected chi connectivity index (χ1v) is 7.27. The lowest BCUT2D eigenvalue weighted by molar-refractivity contribution is 0.370. The second-order valence-corrected chi connectivity index (χ2v) is 5.27. The predicted molar refractivity (Wildman–Crippen MR) is 76.1 cm³/mol. The Morgan fingerprint density at radius 2 is 1.74 bits per heavy atom. The maximum absolute atomic E-state index is 13.9. The van der Waals surface area contributed by atoms with Crippen molar-refractivity contribution in [1.82, 2.24) is 5.32 Å². The normalized spacial score (nSPS) is 14.4. The van der Waals surface area contributed by atoms with Crippen molar-refractivity contribution < 1.29 is 8.78 Å². The van der Waals surface area contributed by atoms with E-state index >= 15 is 0 Å². The SMILES string of the molecule is CCCNC(CC(C)CCC)c1c(F)cccc1F. The summed E-state index contributed by atoms with van der Waals surface area (Å²) in [5, 5.41) is 3.28. The minimum absolute atomic E-state index is 0.193. The second kappa shape index (κ2) is 8.26. The van der Waals surface area contributed by atoms with Gasteiger partial charge in [-0.25, -0.2) is 8.78 Å². The van der Waals surface area contributed by atoms with Gasteiger partial charge in [0.2, 0.25) is 0 Å². The minimum Gasteiger partial charge on any atom is -0.310 e. The summed E-state index contributed by atoms with van der Waals surface area (Å²) in [5.74, 6) is -0.437. The van der Waals surface area contributed by atoms with E-state index in [-0.39, 0.29) is 11.6 Å². The Kier molecular flexibility index (Phi) is 7.00. The van der Waals surface area contributed by atoms with Crippen molar-refractivity contribution in [3.63, 3.8) is 0 Å². The molecule has 0 fully saturated rings. The standard InChI is InChI=1S/C16H25F2N/c1-4-7-12(3)11-15(19-10-5-2)16-13(17)8-6-9-14(16)18/h6,8-9,12,15,19H,4-5,7,10-11H2,1-3H3. The summed E-state index contributed by atoms with van der Waals surface area (Å²) in [6, 6.07) is 3.86. The zero-order chi connectivity index (χ0) is 14.3. The molecule has 1 N–H and O–H groups in total. The molecule has 108 valence electrons. The lowest BCUT2D eigenvalue weighted by Gasteiger charge is -2.23. The zero-order valence-corrected chi connectivity index (χ0v) is 12.2. The Bertz CT molecular complexity index is 359. The Hall–Kier alpha value is -0.960. The molecule has 2 atom stereocenters. The molecule has 0 radical (unpaired) electrons. The van der Waals surface area contributed by atoms with Crippen LogP contribution >= 0.6 is 0 Å². The molecule has 1 aromatic rings. The largest absolute Gasteiger partial charge is 0.310 e. The van der Waals surface area contributed by atoms with E-state index in [1.165, 1.54) is 18.2 Å². The third-order valence-corrected chi connectivity index (χ3v) is 3.41.